The van der Waals surface area contributed by atoms with E-state index >= 15 is 0 Å². The molecule has 1 atom stereocenters. The Labute approximate surface area is 127 Å². The predicted octanol–water partition coefficient (Wildman–Crippen LogP) is 3.31. The Kier molecular flexibility index (Phi) is 6.33. The topological polar surface area (TPSA) is 39.7 Å². The molecule has 1 aromatic rings. The highest BCUT2D eigenvalue weighted by atomic mass is 16.5. The summed E-state index contributed by atoms with van der Waals surface area (Å²) in [5.74, 6) is 1.72. The third-order valence-electron chi connectivity index (χ3n) is 3.49. The van der Waals surface area contributed by atoms with E-state index in [0.717, 1.165) is 50.7 Å². The van der Waals surface area contributed by atoms with Gasteiger partial charge in [0.2, 0.25) is 0 Å². The predicted molar refractivity (Wildman–Crippen MR) is 84.2 cm³/mol. The van der Waals surface area contributed by atoms with Gasteiger partial charge in [0.15, 0.2) is 11.5 Å². The van der Waals surface area contributed by atoms with Crippen molar-refractivity contribution < 1.29 is 14.2 Å². The minimum atomic E-state index is 0.293. The fourth-order valence-electron chi connectivity index (χ4n) is 2.28. The van der Waals surface area contributed by atoms with E-state index in [0.29, 0.717) is 12.1 Å². The summed E-state index contributed by atoms with van der Waals surface area (Å²) in [6, 6.07) is 6.50. The lowest BCUT2D eigenvalue weighted by Crippen LogP contribution is -2.21. The molecule has 0 bridgehead atoms. The molecule has 0 fully saturated rings. The molecule has 0 saturated heterocycles. The van der Waals surface area contributed by atoms with Crippen molar-refractivity contribution in [3.63, 3.8) is 0 Å². The summed E-state index contributed by atoms with van der Waals surface area (Å²) in [6.45, 7) is 9.51. The Bertz CT molecular complexity index is 434. The first-order chi connectivity index (χ1) is 10.2. The molecular formula is C17H27NO3. The van der Waals surface area contributed by atoms with Gasteiger partial charge in [0.25, 0.3) is 0 Å². The Hall–Kier alpha value is -1.26. The monoisotopic (exact) mass is 293 g/mol. The Morgan fingerprint density at radius 1 is 1.14 bits per heavy atom. The molecule has 0 aliphatic carbocycles. The van der Waals surface area contributed by atoms with Crippen molar-refractivity contribution in [3.8, 4) is 11.5 Å². The molecule has 1 N–H and O–H groups in total. The van der Waals surface area contributed by atoms with Crippen LogP contribution in [-0.2, 0) is 4.74 Å². The zero-order chi connectivity index (χ0) is 15.1. The molecule has 0 spiro atoms. The lowest BCUT2D eigenvalue weighted by atomic mass is 10.1. The molecule has 4 nitrogen and oxygen atoms in total. The molecular weight excluding hydrogens is 266 g/mol. The maximum Gasteiger partial charge on any atom is 0.161 e. The van der Waals surface area contributed by atoms with E-state index in [9.17, 15) is 0 Å². The van der Waals surface area contributed by atoms with Gasteiger partial charge in [-0.05, 0) is 51.4 Å². The summed E-state index contributed by atoms with van der Waals surface area (Å²) in [7, 11) is 0. The molecule has 21 heavy (non-hydrogen) atoms. The minimum Gasteiger partial charge on any atom is -0.490 e. The highest BCUT2D eigenvalue weighted by molar-refractivity contribution is 5.44. The van der Waals surface area contributed by atoms with Gasteiger partial charge < -0.3 is 19.5 Å². The number of ether oxygens (including phenoxy) is 3. The Morgan fingerprint density at radius 3 is 2.67 bits per heavy atom. The molecule has 0 saturated carbocycles. The molecule has 4 heteroatoms. The maximum atomic E-state index is 5.74. The molecule has 2 rings (SSSR count). The van der Waals surface area contributed by atoms with Gasteiger partial charge in [-0.1, -0.05) is 6.07 Å². The largest absolute Gasteiger partial charge is 0.490 e. The van der Waals surface area contributed by atoms with E-state index in [-0.39, 0.29) is 0 Å². The SMILES string of the molecule is CC(C)OCCCNC(C)c1ccc2c(c1)OCCCO2. The molecule has 1 unspecified atom stereocenters. The normalized spacial score (nSPS) is 15.8. The Balaban J connectivity index is 1.82. The second-order valence-electron chi connectivity index (χ2n) is 5.71. The van der Waals surface area contributed by atoms with E-state index in [1.165, 1.54) is 5.56 Å². The molecule has 0 radical (unpaired) electrons. The Morgan fingerprint density at radius 2 is 1.90 bits per heavy atom. The maximum absolute atomic E-state index is 5.74. The van der Waals surface area contributed by atoms with Crippen molar-refractivity contribution in [2.24, 2.45) is 0 Å². The summed E-state index contributed by atoms with van der Waals surface area (Å²) >= 11 is 0. The molecule has 1 aliphatic rings. The van der Waals surface area contributed by atoms with Gasteiger partial charge in [-0.3, -0.25) is 0 Å². The molecule has 1 aromatic carbocycles. The van der Waals surface area contributed by atoms with Crippen molar-refractivity contribution in [2.75, 3.05) is 26.4 Å². The van der Waals surface area contributed by atoms with E-state index in [1.807, 2.05) is 6.07 Å². The summed E-state index contributed by atoms with van der Waals surface area (Å²) in [6.07, 6.45) is 2.27. The van der Waals surface area contributed by atoms with Crippen LogP contribution in [0.1, 0.15) is 45.2 Å². The third-order valence-corrected chi connectivity index (χ3v) is 3.49. The third kappa shape index (κ3) is 5.21. The number of fused-ring (bicyclic) bond motifs is 1. The smallest absolute Gasteiger partial charge is 0.161 e. The van der Waals surface area contributed by atoms with E-state index in [4.69, 9.17) is 14.2 Å². The van der Waals surface area contributed by atoms with Crippen LogP contribution < -0.4 is 14.8 Å². The van der Waals surface area contributed by atoms with Gasteiger partial charge in [-0.15, -0.1) is 0 Å². The number of rotatable bonds is 7. The molecule has 1 aliphatic heterocycles. The van der Waals surface area contributed by atoms with Crippen LogP contribution in [0.15, 0.2) is 18.2 Å². The van der Waals surface area contributed by atoms with Crippen LogP contribution >= 0.6 is 0 Å². The molecule has 0 amide bonds. The second-order valence-corrected chi connectivity index (χ2v) is 5.71. The van der Waals surface area contributed by atoms with Crippen LogP contribution in [0, 0.1) is 0 Å². The van der Waals surface area contributed by atoms with Crippen molar-refractivity contribution in [2.45, 2.75) is 45.8 Å². The van der Waals surface area contributed by atoms with Crippen molar-refractivity contribution in [1.82, 2.24) is 5.32 Å². The van der Waals surface area contributed by atoms with E-state index in [1.54, 1.807) is 0 Å². The first kappa shape index (κ1) is 16.1. The minimum absolute atomic E-state index is 0.293. The quantitative estimate of drug-likeness (QED) is 0.783. The van der Waals surface area contributed by atoms with Crippen LogP contribution in [0.2, 0.25) is 0 Å². The number of benzene rings is 1. The van der Waals surface area contributed by atoms with Crippen LogP contribution in [0.5, 0.6) is 11.5 Å². The van der Waals surface area contributed by atoms with Crippen LogP contribution in [0.3, 0.4) is 0 Å². The zero-order valence-corrected chi connectivity index (χ0v) is 13.4. The average Bonchev–Trinajstić information content (AvgIpc) is 2.70. The lowest BCUT2D eigenvalue weighted by molar-refractivity contribution is 0.0768. The van der Waals surface area contributed by atoms with Crippen molar-refractivity contribution >= 4 is 0 Å². The standard InChI is InChI=1S/C17H27NO3/c1-13(2)19-9-4-8-18-14(3)15-6-7-16-17(12-15)21-11-5-10-20-16/h6-7,12-14,18H,4-5,8-11H2,1-3H3. The highest BCUT2D eigenvalue weighted by Gasteiger charge is 2.13. The summed E-state index contributed by atoms with van der Waals surface area (Å²) in [5.41, 5.74) is 1.23. The first-order valence-corrected chi connectivity index (χ1v) is 7.91. The highest BCUT2D eigenvalue weighted by Crippen LogP contribution is 2.32. The van der Waals surface area contributed by atoms with Gasteiger partial charge in [0.1, 0.15) is 0 Å². The van der Waals surface area contributed by atoms with E-state index in [2.05, 4.69) is 38.2 Å². The molecule has 0 aromatic heterocycles. The lowest BCUT2D eigenvalue weighted by Gasteiger charge is -2.16. The van der Waals surface area contributed by atoms with E-state index < -0.39 is 0 Å². The molecule has 118 valence electrons. The van der Waals surface area contributed by atoms with Gasteiger partial charge in [0.05, 0.1) is 19.3 Å². The van der Waals surface area contributed by atoms with Gasteiger partial charge >= 0.3 is 0 Å². The van der Waals surface area contributed by atoms with Crippen molar-refractivity contribution in [3.05, 3.63) is 23.8 Å². The van der Waals surface area contributed by atoms with Crippen LogP contribution in [0.4, 0.5) is 0 Å². The average molecular weight is 293 g/mol. The zero-order valence-electron chi connectivity index (χ0n) is 13.4. The first-order valence-electron chi connectivity index (χ1n) is 7.91. The molecule has 1 heterocycles. The fraction of sp³-hybridized carbons (Fsp3) is 0.647. The van der Waals surface area contributed by atoms with Gasteiger partial charge in [-0.25, -0.2) is 0 Å². The number of hydrogen-bond acceptors (Lipinski definition) is 4. The summed E-state index contributed by atoms with van der Waals surface area (Å²) < 4.78 is 16.9. The second kappa shape index (κ2) is 8.25. The number of nitrogens with one attached hydrogen (secondary N) is 1. The number of hydrogen-bond donors (Lipinski definition) is 1. The fourth-order valence-corrected chi connectivity index (χ4v) is 2.28. The summed E-state index contributed by atoms with van der Waals surface area (Å²) in [5, 5.41) is 3.52. The summed E-state index contributed by atoms with van der Waals surface area (Å²) in [4.78, 5) is 0. The van der Waals surface area contributed by atoms with Crippen LogP contribution in [0.25, 0.3) is 0 Å². The van der Waals surface area contributed by atoms with Crippen LogP contribution in [-0.4, -0.2) is 32.5 Å². The van der Waals surface area contributed by atoms with Gasteiger partial charge in [-0.2, -0.15) is 0 Å². The van der Waals surface area contributed by atoms with Crippen molar-refractivity contribution in [1.29, 1.82) is 0 Å². The van der Waals surface area contributed by atoms with Gasteiger partial charge in [0, 0.05) is 19.1 Å².